The zero-order valence-corrected chi connectivity index (χ0v) is 8.26. The number of nitrogens with one attached hydrogen (secondary N) is 1. The minimum Gasteiger partial charge on any atom is -0.481 e. The standard InChI is InChI=1S/C10H6F3NO3/c11-10(12,13)7-4-6(9(17)14-5-7)2-1-3-8(15)16/h4-5H,3H2,(H,14,17)(H,15,16). The molecule has 1 rings (SSSR count). The number of halogens is 3. The molecule has 4 nitrogen and oxygen atoms in total. The number of aromatic amines is 1. The van der Waals surface area contributed by atoms with Crippen molar-refractivity contribution in [3.63, 3.8) is 0 Å². The van der Waals surface area contributed by atoms with Crippen molar-refractivity contribution in [3.05, 3.63) is 33.7 Å². The number of pyridine rings is 1. The van der Waals surface area contributed by atoms with E-state index in [1.165, 1.54) is 0 Å². The number of H-pyrrole nitrogens is 1. The Hall–Kier alpha value is -2.23. The predicted molar refractivity (Wildman–Crippen MR) is 51.2 cm³/mol. The maximum absolute atomic E-state index is 12.3. The Kier molecular flexibility index (Phi) is 3.58. The van der Waals surface area contributed by atoms with Gasteiger partial charge in [0, 0.05) is 6.20 Å². The van der Waals surface area contributed by atoms with Gasteiger partial charge in [0.2, 0.25) is 0 Å². The van der Waals surface area contributed by atoms with Gasteiger partial charge in [-0.05, 0) is 6.07 Å². The first-order chi connectivity index (χ1) is 7.80. The number of carboxylic acids is 1. The van der Waals surface area contributed by atoms with Crippen molar-refractivity contribution < 1.29 is 23.1 Å². The van der Waals surface area contributed by atoms with Crippen LogP contribution in [0.5, 0.6) is 0 Å². The molecule has 0 radical (unpaired) electrons. The molecule has 0 aromatic carbocycles. The van der Waals surface area contributed by atoms with Gasteiger partial charge in [0.1, 0.15) is 6.42 Å². The largest absolute Gasteiger partial charge is 0.481 e. The van der Waals surface area contributed by atoms with Crippen molar-refractivity contribution in [2.24, 2.45) is 0 Å². The molecule has 2 N–H and O–H groups in total. The molecule has 0 saturated heterocycles. The van der Waals surface area contributed by atoms with Gasteiger partial charge < -0.3 is 10.1 Å². The number of rotatable bonds is 1. The zero-order chi connectivity index (χ0) is 13.1. The van der Waals surface area contributed by atoms with Crippen LogP contribution in [0.4, 0.5) is 13.2 Å². The lowest BCUT2D eigenvalue weighted by Gasteiger charge is -2.05. The van der Waals surface area contributed by atoms with Gasteiger partial charge in [-0.3, -0.25) is 9.59 Å². The van der Waals surface area contributed by atoms with Gasteiger partial charge in [-0.15, -0.1) is 0 Å². The highest BCUT2D eigenvalue weighted by molar-refractivity contribution is 5.70. The van der Waals surface area contributed by atoms with Gasteiger partial charge >= 0.3 is 12.1 Å². The SMILES string of the molecule is O=C(O)CC#Cc1cc(C(F)(F)F)c[nH]c1=O. The number of aliphatic carboxylic acids is 1. The highest BCUT2D eigenvalue weighted by Crippen LogP contribution is 2.28. The Balaban J connectivity index is 3.10. The molecule has 0 bridgehead atoms. The fraction of sp³-hybridized carbons (Fsp3) is 0.200. The third-order valence-corrected chi connectivity index (χ3v) is 1.69. The minimum absolute atomic E-state index is 0.416. The van der Waals surface area contributed by atoms with E-state index in [0.717, 1.165) is 0 Å². The third kappa shape index (κ3) is 3.68. The van der Waals surface area contributed by atoms with E-state index >= 15 is 0 Å². The molecule has 0 spiro atoms. The Bertz CT molecular complexity index is 548. The van der Waals surface area contributed by atoms with E-state index in [4.69, 9.17) is 5.11 Å². The second-order valence-corrected chi connectivity index (χ2v) is 3.00. The number of hydrogen-bond donors (Lipinski definition) is 2. The Morgan fingerprint density at radius 2 is 2.12 bits per heavy atom. The summed E-state index contributed by atoms with van der Waals surface area (Å²) < 4.78 is 36.9. The molecule has 0 atom stereocenters. The summed E-state index contributed by atoms with van der Waals surface area (Å²) >= 11 is 0. The molecule has 0 saturated carbocycles. The van der Waals surface area contributed by atoms with Gasteiger partial charge in [-0.1, -0.05) is 11.8 Å². The molecule has 7 heteroatoms. The molecule has 0 fully saturated rings. The molecule has 1 aromatic heterocycles. The van der Waals surface area contributed by atoms with E-state index in [-0.39, 0.29) is 0 Å². The second-order valence-electron chi connectivity index (χ2n) is 3.00. The number of carbonyl (C=O) groups is 1. The van der Waals surface area contributed by atoms with E-state index in [1.54, 1.807) is 0 Å². The molecule has 90 valence electrons. The third-order valence-electron chi connectivity index (χ3n) is 1.69. The van der Waals surface area contributed by atoms with Crippen molar-refractivity contribution in [3.8, 4) is 11.8 Å². The molecule has 1 heterocycles. The van der Waals surface area contributed by atoms with Crippen LogP contribution in [0.2, 0.25) is 0 Å². The van der Waals surface area contributed by atoms with Crippen molar-refractivity contribution in [2.45, 2.75) is 12.6 Å². The van der Waals surface area contributed by atoms with Crippen LogP contribution < -0.4 is 5.56 Å². The number of aromatic nitrogens is 1. The number of carboxylic acid groups (broad SMARTS) is 1. The Labute approximate surface area is 93.1 Å². The first-order valence-corrected chi connectivity index (χ1v) is 4.31. The van der Waals surface area contributed by atoms with E-state index in [0.29, 0.717) is 12.3 Å². The fourth-order valence-corrected chi connectivity index (χ4v) is 0.955. The first-order valence-electron chi connectivity index (χ1n) is 4.31. The first kappa shape index (κ1) is 12.8. The van der Waals surface area contributed by atoms with Gasteiger partial charge in [-0.2, -0.15) is 13.2 Å². The maximum Gasteiger partial charge on any atom is 0.417 e. The van der Waals surface area contributed by atoms with Gasteiger partial charge in [0.25, 0.3) is 5.56 Å². The van der Waals surface area contributed by atoms with E-state index in [1.807, 2.05) is 4.98 Å². The summed E-state index contributed by atoms with van der Waals surface area (Å²) in [5, 5.41) is 8.28. The second kappa shape index (κ2) is 4.74. The van der Waals surface area contributed by atoms with Gasteiger partial charge in [0.05, 0.1) is 11.1 Å². The molecule has 0 unspecified atom stereocenters. The van der Waals surface area contributed by atoms with Crippen LogP contribution in [0.1, 0.15) is 17.5 Å². The molecule has 0 aliphatic rings. The predicted octanol–water partition coefficient (Wildman–Crippen LogP) is 1.22. The molecule has 1 aromatic rings. The van der Waals surface area contributed by atoms with Crippen LogP contribution in [0, 0.1) is 11.8 Å². The maximum atomic E-state index is 12.3. The van der Waals surface area contributed by atoms with Crippen LogP contribution in [-0.2, 0) is 11.0 Å². The quantitative estimate of drug-likeness (QED) is 0.731. The summed E-state index contributed by atoms with van der Waals surface area (Å²) in [5.74, 6) is 2.94. The summed E-state index contributed by atoms with van der Waals surface area (Å²) in [6.07, 6.45) is -4.60. The average molecular weight is 245 g/mol. The van der Waals surface area contributed by atoms with E-state index < -0.39 is 35.3 Å². The highest BCUT2D eigenvalue weighted by atomic mass is 19.4. The number of alkyl halides is 3. The fourth-order valence-electron chi connectivity index (χ4n) is 0.955. The lowest BCUT2D eigenvalue weighted by molar-refractivity contribution is -0.138. The zero-order valence-electron chi connectivity index (χ0n) is 8.26. The van der Waals surface area contributed by atoms with Crippen LogP contribution in [-0.4, -0.2) is 16.1 Å². The molecule has 0 amide bonds. The van der Waals surface area contributed by atoms with Crippen LogP contribution in [0.25, 0.3) is 0 Å². The average Bonchev–Trinajstić information content (AvgIpc) is 2.18. The number of hydrogen-bond acceptors (Lipinski definition) is 2. The molecular weight excluding hydrogens is 239 g/mol. The van der Waals surface area contributed by atoms with Crippen LogP contribution in [0.15, 0.2) is 17.1 Å². The summed E-state index contributed by atoms with van der Waals surface area (Å²) in [5.41, 5.74) is -2.26. The van der Waals surface area contributed by atoms with E-state index in [9.17, 15) is 22.8 Å². The summed E-state index contributed by atoms with van der Waals surface area (Å²) in [6.45, 7) is 0. The summed E-state index contributed by atoms with van der Waals surface area (Å²) in [4.78, 5) is 23.1. The molecule has 17 heavy (non-hydrogen) atoms. The van der Waals surface area contributed by atoms with Gasteiger partial charge in [-0.25, -0.2) is 0 Å². The van der Waals surface area contributed by atoms with Crippen molar-refractivity contribution in [1.82, 2.24) is 4.98 Å². The van der Waals surface area contributed by atoms with Crippen molar-refractivity contribution in [2.75, 3.05) is 0 Å². The lowest BCUT2D eigenvalue weighted by atomic mass is 10.2. The summed E-state index contributed by atoms with van der Waals surface area (Å²) in [6, 6.07) is 0.577. The smallest absolute Gasteiger partial charge is 0.417 e. The topological polar surface area (TPSA) is 70.2 Å². The molecule has 0 aliphatic carbocycles. The van der Waals surface area contributed by atoms with Crippen molar-refractivity contribution >= 4 is 5.97 Å². The summed E-state index contributed by atoms with van der Waals surface area (Å²) in [7, 11) is 0. The van der Waals surface area contributed by atoms with Gasteiger partial charge in [0.15, 0.2) is 0 Å². The molecule has 0 aliphatic heterocycles. The molecular formula is C10H6F3NO3. The Morgan fingerprint density at radius 3 is 2.65 bits per heavy atom. The lowest BCUT2D eigenvalue weighted by Crippen LogP contribution is -2.14. The van der Waals surface area contributed by atoms with Crippen LogP contribution >= 0.6 is 0 Å². The van der Waals surface area contributed by atoms with Crippen molar-refractivity contribution in [1.29, 1.82) is 0 Å². The Morgan fingerprint density at radius 1 is 1.47 bits per heavy atom. The van der Waals surface area contributed by atoms with Crippen LogP contribution in [0.3, 0.4) is 0 Å². The normalized spacial score (nSPS) is 10.5. The monoisotopic (exact) mass is 245 g/mol. The highest BCUT2D eigenvalue weighted by Gasteiger charge is 2.31. The van der Waals surface area contributed by atoms with E-state index in [2.05, 4.69) is 11.8 Å². The minimum atomic E-state index is -4.59.